The van der Waals surface area contributed by atoms with Gasteiger partial charge in [-0.1, -0.05) is 27.2 Å². The quantitative estimate of drug-likeness (QED) is 0.841. The van der Waals surface area contributed by atoms with Crippen molar-refractivity contribution in [3.05, 3.63) is 0 Å². The number of urea groups is 1. The summed E-state index contributed by atoms with van der Waals surface area (Å²) >= 11 is 0. The first-order valence-electron chi connectivity index (χ1n) is 8.24. The molecule has 0 aromatic rings. The average Bonchev–Trinajstić information content (AvgIpc) is 2.78. The first-order chi connectivity index (χ1) is 9.93. The van der Waals surface area contributed by atoms with Crippen molar-refractivity contribution in [2.24, 2.45) is 17.8 Å². The fourth-order valence-corrected chi connectivity index (χ4v) is 3.70. The Labute approximate surface area is 127 Å². The van der Waals surface area contributed by atoms with Crippen LogP contribution in [0.2, 0.25) is 0 Å². The van der Waals surface area contributed by atoms with E-state index in [2.05, 4.69) is 26.1 Å². The summed E-state index contributed by atoms with van der Waals surface area (Å²) in [6.07, 6.45) is 4.60. The summed E-state index contributed by atoms with van der Waals surface area (Å²) in [6, 6.07) is -0.674. The van der Waals surface area contributed by atoms with E-state index in [9.17, 15) is 14.7 Å². The van der Waals surface area contributed by atoms with E-state index in [0.717, 1.165) is 25.7 Å². The Morgan fingerprint density at radius 3 is 2.48 bits per heavy atom. The normalized spacial score (nSPS) is 36.5. The maximum absolute atomic E-state index is 12.5. The Morgan fingerprint density at radius 2 is 1.95 bits per heavy atom. The molecule has 5 nitrogen and oxygen atoms in total. The molecule has 2 aliphatic rings. The van der Waals surface area contributed by atoms with Crippen molar-refractivity contribution in [1.29, 1.82) is 0 Å². The van der Waals surface area contributed by atoms with E-state index in [0.29, 0.717) is 30.7 Å². The van der Waals surface area contributed by atoms with Gasteiger partial charge in [0.2, 0.25) is 0 Å². The van der Waals surface area contributed by atoms with Crippen molar-refractivity contribution in [2.45, 2.75) is 65.0 Å². The molecular weight excluding hydrogens is 268 g/mol. The van der Waals surface area contributed by atoms with Crippen molar-refractivity contribution < 1.29 is 14.7 Å². The second-order valence-electron chi connectivity index (χ2n) is 6.82. The van der Waals surface area contributed by atoms with Crippen LogP contribution in [0.5, 0.6) is 0 Å². The molecule has 2 N–H and O–H groups in total. The molecule has 1 aliphatic carbocycles. The predicted octanol–water partition coefficient (Wildman–Crippen LogP) is 2.71. The minimum absolute atomic E-state index is 0.186. The molecule has 1 saturated heterocycles. The van der Waals surface area contributed by atoms with Crippen molar-refractivity contribution in [1.82, 2.24) is 10.2 Å². The summed E-state index contributed by atoms with van der Waals surface area (Å²) in [7, 11) is 0. The van der Waals surface area contributed by atoms with Gasteiger partial charge in [0, 0.05) is 12.6 Å². The van der Waals surface area contributed by atoms with E-state index in [1.165, 1.54) is 4.90 Å². The van der Waals surface area contributed by atoms with Gasteiger partial charge in [0.05, 0.1) is 0 Å². The summed E-state index contributed by atoms with van der Waals surface area (Å²) in [5, 5.41) is 12.5. The van der Waals surface area contributed by atoms with Crippen LogP contribution in [-0.2, 0) is 4.79 Å². The molecule has 5 atom stereocenters. The number of piperidine rings is 1. The lowest BCUT2D eigenvalue weighted by molar-refractivity contribution is -0.144. The summed E-state index contributed by atoms with van der Waals surface area (Å²) < 4.78 is 0. The molecule has 0 radical (unpaired) electrons. The molecule has 21 heavy (non-hydrogen) atoms. The van der Waals surface area contributed by atoms with Gasteiger partial charge in [-0.05, 0) is 43.4 Å². The molecule has 5 heteroatoms. The third kappa shape index (κ3) is 3.50. The van der Waals surface area contributed by atoms with Crippen molar-refractivity contribution in [3.63, 3.8) is 0 Å². The van der Waals surface area contributed by atoms with Crippen molar-refractivity contribution in [2.75, 3.05) is 6.54 Å². The van der Waals surface area contributed by atoms with Gasteiger partial charge in [-0.25, -0.2) is 9.59 Å². The minimum Gasteiger partial charge on any atom is -0.480 e. The number of rotatable bonds is 3. The van der Waals surface area contributed by atoms with Crippen LogP contribution in [-0.4, -0.2) is 40.6 Å². The van der Waals surface area contributed by atoms with Crippen LogP contribution in [0.25, 0.3) is 0 Å². The molecule has 2 fully saturated rings. The molecule has 120 valence electrons. The fraction of sp³-hybridized carbons (Fsp3) is 0.875. The number of hydrogen-bond acceptors (Lipinski definition) is 2. The third-order valence-corrected chi connectivity index (χ3v) is 5.61. The highest BCUT2D eigenvalue weighted by molar-refractivity contribution is 5.83. The molecule has 5 unspecified atom stereocenters. The van der Waals surface area contributed by atoms with Crippen LogP contribution in [0.3, 0.4) is 0 Å². The molecule has 2 rings (SSSR count). The molecule has 2 amide bonds. The molecule has 0 bridgehead atoms. The van der Waals surface area contributed by atoms with Crippen LogP contribution in [0, 0.1) is 17.8 Å². The van der Waals surface area contributed by atoms with Crippen LogP contribution in [0.1, 0.15) is 52.9 Å². The molecular formula is C16H28N2O3. The molecule has 1 heterocycles. The van der Waals surface area contributed by atoms with Gasteiger partial charge in [-0.2, -0.15) is 0 Å². The Bertz CT molecular complexity index is 399. The number of hydrogen-bond donors (Lipinski definition) is 2. The molecule has 1 aliphatic heterocycles. The van der Waals surface area contributed by atoms with Gasteiger partial charge in [0.15, 0.2) is 0 Å². The maximum Gasteiger partial charge on any atom is 0.326 e. The first kappa shape index (κ1) is 16.1. The lowest BCUT2D eigenvalue weighted by Crippen LogP contribution is -2.55. The molecule has 0 aromatic heterocycles. The van der Waals surface area contributed by atoms with Gasteiger partial charge in [0.25, 0.3) is 0 Å². The van der Waals surface area contributed by atoms with Gasteiger partial charge in [0.1, 0.15) is 6.04 Å². The number of carboxylic acid groups (broad SMARTS) is 1. The zero-order valence-corrected chi connectivity index (χ0v) is 13.3. The van der Waals surface area contributed by atoms with Crippen molar-refractivity contribution in [3.8, 4) is 0 Å². The third-order valence-electron chi connectivity index (χ3n) is 5.61. The van der Waals surface area contributed by atoms with E-state index in [1.807, 2.05) is 0 Å². The highest BCUT2D eigenvalue weighted by Gasteiger charge is 2.38. The second-order valence-corrected chi connectivity index (χ2v) is 6.82. The number of carbonyl (C=O) groups is 2. The topological polar surface area (TPSA) is 69.6 Å². The Kier molecular flexibility index (Phi) is 5.12. The van der Waals surface area contributed by atoms with Crippen LogP contribution in [0.15, 0.2) is 0 Å². The number of nitrogens with one attached hydrogen (secondary N) is 1. The largest absolute Gasteiger partial charge is 0.480 e. The van der Waals surface area contributed by atoms with Gasteiger partial charge in [-0.15, -0.1) is 0 Å². The summed E-state index contributed by atoms with van der Waals surface area (Å²) in [5.74, 6) is 0.624. The smallest absolute Gasteiger partial charge is 0.326 e. The van der Waals surface area contributed by atoms with Gasteiger partial charge >= 0.3 is 12.0 Å². The highest BCUT2D eigenvalue weighted by Crippen LogP contribution is 2.32. The number of likely N-dealkylation sites (tertiary alicyclic amines) is 1. The van der Waals surface area contributed by atoms with Crippen LogP contribution >= 0.6 is 0 Å². The first-order valence-corrected chi connectivity index (χ1v) is 8.24. The van der Waals surface area contributed by atoms with E-state index >= 15 is 0 Å². The maximum atomic E-state index is 12.5. The van der Waals surface area contributed by atoms with E-state index in [4.69, 9.17) is 0 Å². The van der Waals surface area contributed by atoms with E-state index in [1.54, 1.807) is 0 Å². The average molecular weight is 296 g/mol. The Morgan fingerprint density at radius 1 is 1.24 bits per heavy atom. The highest BCUT2D eigenvalue weighted by atomic mass is 16.4. The Balaban J connectivity index is 1.98. The number of nitrogens with zero attached hydrogens (tertiary/aromatic N) is 1. The fourth-order valence-electron chi connectivity index (χ4n) is 3.70. The lowest BCUT2D eigenvalue weighted by atomic mass is 9.89. The SMILES string of the molecule is CCC1CCN(C(=O)NC2CCC(C)C2C)C(C(=O)O)C1. The summed E-state index contributed by atoms with van der Waals surface area (Å²) in [5.41, 5.74) is 0. The minimum atomic E-state index is -0.879. The Hall–Kier alpha value is -1.26. The number of aliphatic carboxylic acids is 1. The van der Waals surface area contributed by atoms with E-state index < -0.39 is 12.0 Å². The standard InChI is InChI=1S/C16H28N2O3/c1-4-12-7-8-18(14(9-12)15(19)20)16(21)17-13-6-5-10(2)11(13)3/h10-14H,4-9H2,1-3H3,(H,17,21)(H,19,20). The number of carbonyl (C=O) groups excluding carboxylic acids is 1. The monoisotopic (exact) mass is 296 g/mol. The van der Waals surface area contributed by atoms with E-state index in [-0.39, 0.29) is 12.1 Å². The zero-order chi connectivity index (χ0) is 15.6. The van der Waals surface area contributed by atoms with Gasteiger partial charge < -0.3 is 15.3 Å². The zero-order valence-electron chi connectivity index (χ0n) is 13.3. The molecule has 0 spiro atoms. The number of amides is 2. The summed E-state index contributed by atoms with van der Waals surface area (Å²) in [4.78, 5) is 25.5. The molecule has 0 aromatic carbocycles. The predicted molar refractivity (Wildman–Crippen MR) is 81.0 cm³/mol. The molecule has 1 saturated carbocycles. The van der Waals surface area contributed by atoms with Gasteiger partial charge in [-0.3, -0.25) is 0 Å². The number of carboxylic acids is 1. The lowest BCUT2D eigenvalue weighted by Gasteiger charge is -2.37. The second kappa shape index (κ2) is 6.67. The van der Waals surface area contributed by atoms with Crippen LogP contribution < -0.4 is 5.32 Å². The van der Waals surface area contributed by atoms with Crippen molar-refractivity contribution >= 4 is 12.0 Å². The summed E-state index contributed by atoms with van der Waals surface area (Å²) in [6.45, 7) is 7.02. The van der Waals surface area contributed by atoms with Crippen LogP contribution in [0.4, 0.5) is 4.79 Å².